The Kier molecular flexibility index (Phi) is 3.23. The molecule has 1 N–H and O–H groups in total. The molecule has 96 valence electrons. The molecule has 2 heterocycles. The third kappa shape index (κ3) is 2.23. The van der Waals surface area contributed by atoms with Crippen molar-refractivity contribution in [2.24, 2.45) is 0 Å². The Hall–Kier alpha value is -1.84. The van der Waals surface area contributed by atoms with Crippen molar-refractivity contribution in [3.05, 3.63) is 65.3 Å². The van der Waals surface area contributed by atoms with Crippen LogP contribution >= 0.6 is 11.6 Å². The van der Waals surface area contributed by atoms with Gasteiger partial charge in [0.05, 0.1) is 6.04 Å². The lowest BCUT2D eigenvalue weighted by Gasteiger charge is -2.16. The molecule has 4 heteroatoms. The standard InChI is InChI=1S/C15H13ClN2O/c1-17-15(13-5-6-14(16)19-13)12-4-2-3-10-9-18-8-7-11(10)12/h2-9,15,17H,1H3. The van der Waals surface area contributed by atoms with Crippen LogP contribution in [0.1, 0.15) is 17.4 Å². The molecular weight excluding hydrogens is 260 g/mol. The van der Waals surface area contributed by atoms with Crippen LogP contribution in [0.2, 0.25) is 5.22 Å². The molecule has 0 spiro atoms. The molecule has 3 nitrogen and oxygen atoms in total. The molecule has 1 unspecified atom stereocenters. The van der Waals surface area contributed by atoms with E-state index >= 15 is 0 Å². The predicted octanol–water partition coefficient (Wildman–Crippen LogP) is 3.79. The highest BCUT2D eigenvalue weighted by Crippen LogP contribution is 2.30. The number of nitrogens with one attached hydrogen (secondary N) is 1. The van der Waals surface area contributed by atoms with Crippen LogP contribution in [0.5, 0.6) is 0 Å². The van der Waals surface area contributed by atoms with Crippen molar-refractivity contribution in [2.45, 2.75) is 6.04 Å². The van der Waals surface area contributed by atoms with Crippen LogP contribution < -0.4 is 5.32 Å². The zero-order chi connectivity index (χ0) is 13.2. The number of rotatable bonds is 3. The number of benzene rings is 1. The highest BCUT2D eigenvalue weighted by molar-refractivity contribution is 6.28. The van der Waals surface area contributed by atoms with E-state index in [1.165, 1.54) is 0 Å². The van der Waals surface area contributed by atoms with E-state index in [1.54, 1.807) is 12.3 Å². The Balaban J connectivity index is 2.16. The summed E-state index contributed by atoms with van der Waals surface area (Å²) in [7, 11) is 1.90. The fraction of sp³-hybridized carbons (Fsp3) is 0.133. The van der Waals surface area contributed by atoms with Gasteiger partial charge in [-0.05, 0) is 47.8 Å². The van der Waals surface area contributed by atoms with Crippen molar-refractivity contribution >= 4 is 22.4 Å². The summed E-state index contributed by atoms with van der Waals surface area (Å²) in [6.45, 7) is 0. The van der Waals surface area contributed by atoms with Gasteiger partial charge in [-0.25, -0.2) is 0 Å². The molecule has 1 aromatic carbocycles. The van der Waals surface area contributed by atoms with Gasteiger partial charge in [0.2, 0.25) is 0 Å². The third-order valence-electron chi connectivity index (χ3n) is 3.19. The lowest BCUT2D eigenvalue weighted by atomic mass is 9.98. The molecule has 2 aromatic heterocycles. The lowest BCUT2D eigenvalue weighted by Crippen LogP contribution is -2.17. The van der Waals surface area contributed by atoms with E-state index in [2.05, 4.69) is 16.4 Å². The molecule has 0 bridgehead atoms. The normalized spacial score (nSPS) is 12.7. The van der Waals surface area contributed by atoms with E-state index < -0.39 is 0 Å². The molecule has 0 aliphatic carbocycles. The summed E-state index contributed by atoms with van der Waals surface area (Å²) in [4.78, 5) is 4.15. The summed E-state index contributed by atoms with van der Waals surface area (Å²) in [6.07, 6.45) is 3.66. The largest absolute Gasteiger partial charge is 0.448 e. The Morgan fingerprint density at radius 3 is 2.84 bits per heavy atom. The quantitative estimate of drug-likeness (QED) is 0.788. The Morgan fingerprint density at radius 2 is 2.11 bits per heavy atom. The van der Waals surface area contributed by atoms with Gasteiger partial charge in [0.25, 0.3) is 0 Å². The first kappa shape index (κ1) is 12.2. The van der Waals surface area contributed by atoms with Gasteiger partial charge in [0.15, 0.2) is 5.22 Å². The van der Waals surface area contributed by atoms with Gasteiger partial charge < -0.3 is 9.73 Å². The van der Waals surface area contributed by atoms with Gasteiger partial charge in [-0.3, -0.25) is 4.98 Å². The van der Waals surface area contributed by atoms with Crippen molar-refractivity contribution in [3.63, 3.8) is 0 Å². The Labute approximate surface area is 116 Å². The minimum Gasteiger partial charge on any atom is -0.448 e. The highest BCUT2D eigenvalue weighted by Gasteiger charge is 2.18. The van der Waals surface area contributed by atoms with Crippen LogP contribution in [0, 0.1) is 0 Å². The smallest absolute Gasteiger partial charge is 0.193 e. The average molecular weight is 273 g/mol. The van der Waals surface area contributed by atoms with Crippen LogP contribution in [0.3, 0.4) is 0 Å². The summed E-state index contributed by atoms with van der Waals surface area (Å²) < 4.78 is 5.53. The summed E-state index contributed by atoms with van der Waals surface area (Å²) in [5, 5.41) is 5.93. The number of nitrogens with zero attached hydrogens (tertiary/aromatic N) is 1. The molecule has 0 saturated carbocycles. The van der Waals surface area contributed by atoms with Gasteiger partial charge in [-0.15, -0.1) is 0 Å². The topological polar surface area (TPSA) is 38.1 Å². The van der Waals surface area contributed by atoms with Gasteiger partial charge >= 0.3 is 0 Å². The van der Waals surface area contributed by atoms with Crippen LogP contribution in [0.25, 0.3) is 10.8 Å². The van der Waals surface area contributed by atoms with E-state index in [0.717, 1.165) is 22.1 Å². The van der Waals surface area contributed by atoms with Crippen molar-refractivity contribution in [1.29, 1.82) is 0 Å². The van der Waals surface area contributed by atoms with Crippen LogP contribution in [0.4, 0.5) is 0 Å². The molecule has 0 amide bonds. The molecule has 0 saturated heterocycles. The Bertz CT molecular complexity index is 703. The van der Waals surface area contributed by atoms with Gasteiger partial charge in [0.1, 0.15) is 5.76 Å². The lowest BCUT2D eigenvalue weighted by molar-refractivity contribution is 0.466. The van der Waals surface area contributed by atoms with E-state index in [4.69, 9.17) is 16.0 Å². The monoisotopic (exact) mass is 272 g/mol. The zero-order valence-electron chi connectivity index (χ0n) is 10.4. The summed E-state index contributed by atoms with van der Waals surface area (Å²) in [6, 6.07) is 11.8. The summed E-state index contributed by atoms with van der Waals surface area (Å²) in [5.74, 6) is 0.803. The maximum atomic E-state index is 5.86. The van der Waals surface area contributed by atoms with E-state index in [1.807, 2.05) is 37.5 Å². The third-order valence-corrected chi connectivity index (χ3v) is 3.40. The maximum Gasteiger partial charge on any atom is 0.193 e. The van der Waals surface area contributed by atoms with Crippen molar-refractivity contribution in [1.82, 2.24) is 10.3 Å². The number of hydrogen-bond acceptors (Lipinski definition) is 3. The highest BCUT2D eigenvalue weighted by atomic mass is 35.5. The van der Waals surface area contributed by atoms with Crippen molar-refractivity contribution < 1.29 is 4.42 Å². The van der Waals surface area contributed by atoms with E-state index in [-0.39, 0.29) is 6.04 Å². The molecule has 0 fully saturated rings. The first-order chi connectivity index (χ1) is 9.29. The minimum absolute atomic E-state index is 0.0291. The first-order valence-electron chi connectivity index (χ1n) is 6.05. The maximum absolute atomic E-state index is 5.86. The second-order valence-corrected chi connectivity index (χ2v) is 4.68. The number of pyridine rings is 1. The number of hydrogen-bond donors (Lipinski definition) is 1. The summed E-state index contributed by atoms with van der Waals surface area (Å²) in [5.41, 5.74) is 1.15. The van der Waals surface area contributed by atoms with Gasteiger partial charge in [-0.1, -0.05) is 18.2 Å². The predicted molar refractivity (Wildman–Crippen MR) is 76.4 cm³/mol. The van der Waals surface area contributed by atoms with Gasteiger partial charge in [-0.2, -0.15) is 0 Å². The van der Waals surface area contributed by atoms with Crippen LogP contribution in [0.15, 0.2) is 53.2 Å². The molecule has 3 aromatic rings. The Morgan fingerprint density at radius 1 is 1.21 bits per heavy atom. The van der Waals surface area contributed by atoms with Gasteiger partial charge in [0, 0.05) is 17.8 Å². The fourth-order valence-electron chi connectivity index (χ4n) is 2.33. The van der Waals surface area contributed by atoms with Crippen LogP contribution in [-0.4, -0.2) is 12.0 Å². The van der Waals surface area contributed by atoms with Crippen molar-refractivity contribution in [2.75, 3.05) is 7.05 Å². The number of halogens is 1. The van der Waals surface area contributed by atoms with Crippen LogP contribution in [-0.2, 0) is 0 Å². The second-order valence-electron chi connectivity index (χ2n) is 4.31. The van der Waals surface area contributed by atoms with E-state index in [9.17, 15) is 0 Å². The molecule has 19 heavy (non-hydrogen) atoms. The average Bonchev–Trinajstić information content (AvgIpc) is 2.86. The molecule has 0 radical (unpaired) electrons. The SMILES string of the molecule is CNC(c1ccc(Cl)o1)c1cccc2cnccc12. The zero-order valence-corrected chi connectivity index (χ0v) is 11.2. The second kappa shape index (κ2) is 5.03. The van der Waals surface area contributed by atoms with Crippen molar-refractivity contribution in [3.8, 4) is 0 Å². The fourth-order valence-corrected chi connectivity index (χ4v) is 2.49. The number of furan rings is 1. The van der Waals surface area contributed by atoms with E-state index in [0.29, 0.717) is 5.22 Å². The summed E-state index contributed by atoms with van der Waals surface area (Å²) >= 11 is 5.86. The minimum atomic E-state index is -0.0291. The molecular formula is C15H13ClN2O. The molecule has 0 aliphatic rings. The first-order valence-corrected chi connectivity index (χ1v) is 6.42. The number of aromatic nitrogens is 1. The molecule has 0 aliphatic heterocycles. The molecule has 3 rings (SSSR count). The molecule has 1 atom stereocenters. The number of fused-ring (bicyclic) bond motifs is 1.